The highest BCUT2D eigenvalue weighted by Crippen LogP contribution is 2.18. The predicted octanol–water partition coefficient (Wildman–Crippen LogP) is 2.22. The van der Waals surface area contributed by atoms with E-state index in [0.29, 0.717) is 17.9 Å². The summed E-state index contributed by atoms with van der Waals surface area (Å²) in [5.41, 5.74) is 0.629. The second-order valence-corrected chi connectivity index (χ2v) is 5.98. The molecule has 6 nitrogen and oxygen atoms in total. The minimum Gasteiger partial charge on any atom is -0.362 e. The van der Waals surface area contributed by atoms with Crippen molar-refractivity contribution < 1.29 is 22.7 Å². The average Bonchev–Trinajstić information content (AvgIpc) is 2.94. The molecule has 1 atom stereocenters. The molecule has 1 unspecified atom stereocenters. The molecular weight excluding hydrogens is 345 g/mol. The number of alkyl halides is 3. The highest BCUT2D eigenvalue weighted by Gasteiger charge is 2.28. The Morgan fingerprint density at radius 2 is 2.21 bits per heavy atom. The van der Waals surface area contributed by atoms with Crippen LogP contribution in [0.25, 0.3) is 5.65 Å². The molecule has 132 valence electrons. The van der Waals surface area contributed by atoms with E-state index in [9.17, 15) is 18.0 Å². The van der Waals surface area contributed by atoms with Gasteiger partial charge in [0.05, 0.1) is 6.04 Å². The van der Waals surface area contributed by atoms with Crippen LogP contribution in [0.2, 0.25) is 0 Å². The van der Waals surface area contributed by atoms with Gasteiger partial charge in [-0.2, -0.15) is 24.9 Å². The molecule has 2 rings (SSSR count). The number of hydrogen-bond acceptors (Lipinski definition) is 5. The number of carbonyl (C=O) groups is 1. The Balaban J connectivity index is 2.04. The molecule has 0 aliphatic carbocycles. The Labute approximate surface area is 140 Å². The van der Waals surface area contributed by atoms with Crippen molar-refractivity contribution in [1.82, 2.24) is 19.9 Å². The van der Waals surface area contributed by atoms with E-state index in [-0.39, 0.29) is 0 Å². The molecule has 0 bridgehead atoms. The van der Waals surface area contributed by atoms with Gasteiger partial charge >= 0.3 is 6.18 Å². The summed E-state index contributed by atoms with van der Waals surface area (Å²) >= 11 is 1.59. The second kappa shape index (κ2) is 8.34. The molecule has 0 saturated carbocycles. The summed E-state index contributed by atoms with van der Waals surface area (Å²) in [5, 5.41) is 10.8. The van der Waals surface area contributed by atoms with Gasteiger partial charge in [0.25, 0.3) is 0 Å². The van der Waals surface area contributed by atoms with Crippen LogP contribution in [0.1, 0.15) is 18.3 Å². The summed E-state index contributed by atoms with van der Waals surface area (Å²) in [4.78, 5) is 11.9. The Bertz CT molecular complexity index is 677. The van der Waals surface area contributed by atoms with Crippen LogP contribution in [0, 0.1) is 0 Å². The van der Waals surface area contributed by atoms with E-state index in [2.05, 4.69) is 20.3 Å². The maximum absolute atomic E-state index is 12.1. The third kappa shape index (κ3) is 5.38. The first kappa shape index (κ1) is 18.5. The lowest BCUT2D eigenvalue weighted by atomic mass is 10.2. The summed E-state index contributed by atoms with van der Waals surface area (Å²) in [6.07, 6.45) is -0.195. The normalized spacial score (nSPS) is 13.2. The second-order valence-electron chi connectivity index (χ2n) is 5.00. The van der Waals surface area contributed by atoms with Crippen LogP contribution in [0.3, 0.4) is 0 Å². The molecule has 0 aliphatic rings. The van der Waals surface area contributed by atoms with Crippen LogP contribution in [-0.2, 0) is 9.53 Å². The fourth-order valence-corrected chi connectivity index (χ4v) is 2.57. The van der Waals surface area contributed by atoms with E-state index in [0.717, 1.165) is 5.75 Å². The number of hydrogen-bond donors (Lipinski definition) is 1. The number of ether oxygens (including phenoxy) is 1. The lowest BCUT2D eigenvalue weighted by Gasteiger charge is -2.17. The van der Waals surface area contributed by atoms with Crippen molar-refractivity contribution in [2.75, 3.05) is 25.2 Å². The highest BCUT2D eigenvalue weighted by molar-refractivity contribution is 7.98. The lowest BCUT2D eigenvalue weighted by Crippen LogP contribution is -2.34. The number of rotatable bonds is 8. The zero-order valence-corrected chi connectivity index (χ0v) is 13.7. The van der Waals surface area contributed by atoms with Gasteiger partial charge < -0.3 is 10.1 Å². The van der Waals surface area contributed by atoms with Crippen LogP contribution in [0.15, 0.2) is 24.4 Å². The zero-order chi connectivity index (χ0) is 17.6. The molecule has 0 fully saturated rings. The van der Waals surface area contributed by atoms with Gasteiger partial charge in [0, 0.05) is 6.20 Å². The molecule has 0 spiro atoms. The first-order valence-electron chi connectivity index (χ1n) is 7.13. The maximum atomic E-state index is 12.1. The van der Waals surface area contributed by atoms with Gasteiger partial charge in [-0.25, -0.2) is 0 Å². The predicted molar refractivity (Wildman–Crippen MR) is 83.7 cm³/mol. The molecule has 2 aromatic rings. The molecule has 0 radical (unpaired) electrons. The van der Waals surface area contributed by atoms with Crippen molar-refractivity contribution in [1.29, 1.82) is 0 Å². The van der Waals surface area contributed by atoms with Gasteiger partial charge in [0.1, 0.15) is 13.2 Å². The first-order valence-corrected chi connectivity index (χ1v) is 8.52. The van der Waals surface area contributed by atoms with Gasteiger partial charge in [-0.1, -0.05) is 6.07 Å². The monoisotopic (exact) mass is 362 g/mol. The summed E-state index contributed by atoms with van der Waals surface area (Å²) in [5.74, 6) is 0.651. The molecule has 2 heterocycles. The number of nitrogens with one attached hydrogen (secondary N) is 1. The Kier molecular flexibility index (Phi) is 6.44. The van der Waals surface area contributed by atoms with Crippen LogP contribution < -0.4 is 5.32 Å². The molecule has 1 amide bonds. The van der Waals surface area contributed by atoms with Crippen LogP contribution in [-0.4, -0.2) is 51.9 Å². The van der Waals surface area contributed by atoms with E-state index in [1.807, 2.05) is 12.3 Å². The standard InChI is InChI=1S/C14H17F3N4O2S/c1-24-7-5-10(18-12(22)8-23-9-14(15,16)17)13-20-19-11-4-2-3-6-21(11)13/h2-4,6,10H,5,7-9H2,1H3,(H,18,22). The van der Waals surface area contributed by atoms with Gasteiger partial charge in [0.2, 0.25) is 5.91 Å². The molecule has 10 heteroatoms. The smallest absolute Gasteiger partial charge is 0.362 e. The van der Waals surface area contributed by atoms with Gasteiger partial charge in [-0.05, 0) is 30.6 Å². The Morgan fingerprint density at radius 1 is 1.42 bits per heavy atom. The van der Waals surface area contributed by atoms with Gasteiger partial charge in [0.15, 0.2) is 11.5 Å². The van der Waals surface area contributed by atoms with Crippen LogP contribution in [0.4, 0.5) is 13.2 Å². The summed E-state index contributed by atoms with van der Waals surface area (Å²) in [6.45, 7) is -2.12. The molecule has 1 N–H and O–H groups in total. The Morgan fingerprint density at radius 3 is 2.92 bits per heavy atom. The minimum absolute atomic E-state index is 0.461. The van der Waals surface area contributed by atoms with Gasteiger partial charge in [-0.15, -0.1) is 10.2 Å². The number of nitrogens with zero attached hydrogens (tertiary/aromatic N) is 3. The van der Waals surface area contributed by atoms with Crippen molar-refractivity contribution in [2.24, 2.45) is 0 Å². The number of fused-ring (bicyclic) bond motifs is 1. The number of pyridine rings is 1. The number of carbonyl (C=O) groups excluding carboxylic acids is 1. The number of halogens is 3. The first-order chi connectivity index (χ1) is 11.4. The van der Waals surface area contributed by atoms with Crippen LogP contribution >= 0.6 is 11.8 Å². The van der Waals surface area contributed by atoms with E-state index < -0.39 is 31.3 Å². The molecule has 2 aromatic heterocycles. The van der Waals surface area contributed by atoms with Crippen molar-refractivity contribution >= 4 is 23.3 Å². The third-order valence-electron chi connectivity index (χ3n) is 3.10. The lowest BCUT2D eigenvalue weighted by molar-refractivity contribution is -0.175. The van der Waals surface area contributed by atoms with Crippen molar-refractivity contribution in [2.45, 2.75) is 18.6 Å². The molecular formula is C14H17F3N4O2S. The topological polar surface area (TPSA) is 68.5 Å². The third-order valence-corrected chi connectivity index (χ3v) is 3.74. The molecule has 0 aromatic carbocycles. The highest BCUT2D eigenvalue weighted by atomic mass is 32.2. The van der Waals surface area contributed by atoms with Crippen molar-refractivity contribution in [3.05, 3.63) is 30.2 Å². The number of amides is 1. The molecule has 0 aliphatic heterocycles. The minimum atomic E-state index is -4.46. The van der Waals surface area contributed by atoms with Crippen molar-refractivity contribution in [3.8, 4) is 0 Å². The summed E-state index contributed by atoms with van der Waals surface area (Å²) in [6, 6.07) is 4.93. The summed E-state index contributed by atoms with van der Waals surface area (Å²) in [7, 11) is 0. The van der Waals surface area contributed by atoms with Crippen molar-refractivity contribution in [3.63, 3.8) is 0 Å². The quantitative estimate of drug-likeness (QED) is 0.780. The molecule has 0 saturated heterocycles. The fraction of sp³-hybridized carbons (Fsp3) is 0.500. The largest absolute Gasteiger partial charge is 0.411 e. The van der Waals surface area contributed by atoms with E-state index in [1.54, 1.807) is 34.5 Å². The summed E-state index contributed by atoms with van der Waals surface area (Å²) < 4.78 is 42.3. The average molecular weight is 362 g/mol. The fourth-order valence-electron chi connectivity index (χ4n) is 2.09. The van der Waals surface area contributed by atoms with E-state index in [4.69, 9.17) is 0 Å². The van der Waals surface area contributed by atoms with Gasteiger partial charge in [-0.3, -0.25) is 9.20 Å². The Hall–Kier alpha value is -1.81. The van der Waals surface area contributed by atoms with E-state index >= 15 is 0 Å². The van der Waals surface area contributed by atoms with E-state index in [1.165, 1.54) is 0 Å². The van der Waals surface area contributed by atoms with Crippen LogP contribution in [0.5, 0.6) is 0 Å². The molecule has 24 heavy (non-hydrogen) atoms. The SMILES string of the molecule is CSCCC(NC(=O)COCC(F)(F)F)c1nnc2ccccn12. The maximum Gasteiger partial charge on any atom is 0.411 e. The number of aromatic nitrogens is 3. The number of thioether (sulfide) groups is 1. The zero-order valence-electron chi connectivity index (χ0n) is 12.9.